The van der Waals surface area contributed by atoms with E-state index >= 15 is 0 Å². The SMILES string of the molecule is CC(CO)c1cc2c(c(O)c1O)C1(CO)CCCC(C)(C)C1CC2. The van der Waals surface area contributed by atoms with Crippen molar-refractivity contribution in [1.82, 2.24) is 0 Å². The maximum absolute atomic E-state index is 10.8. The molecule has 4 N–H and O–H groups in total. The number of hydrogen-bond donors (Lipinski definition) is 4. The fourth-order valence-electron chi connectivity index (χ4n) is 5.45. The number of phenolic OH excluding ortho intramolecular Hbond substituents is 2. The Hall–Kier alpha value is -1.26. The van der Waals surface area contributed by atoms with Gasteiger partial charge in [-0.15, -0.1) is 0 Å². The van der Waals surface area contributed by atoms with Crippen LogP contribution in [0.1, 0.15) is 69.1 Å². The van der Waals surface area contributed by atoms with Gasteiger partial charge in [-0.25, -0.2) is 0 Å². The fraction of sp³-hybridized carbons (Fsp3) is 0.700. The van der Waals surface area contributed by atoms with Crippen LogP contribution in [0.15, 0.2) is 6.07 Å². The van der Waals surface area contributed by atoms with Gasteiger partial charge in [0.05, 0.1) is 6.61 Å². The molecular formula is C20H30O4. The second-order valence-electron chi connectivity index (χ2n) is 8.53. The number of aromatic hydroxyl groups is 2. The highest BCUT2D eigenvalue weighted by Gasteiger charge is 2.53. The first kappa shape index (κ1) is 17.6. The fourth-order valence-corrected chi connectivity index (χ4v) is 5.45. The minimum absolute atomic E-state index is 0.00397. The van der Waals surface area contributed by atoms with Gasteiger partial charge in [0.25, 0.3) is 0 Å². The Kier molecular flexibility index (Phi) is 4.33. The summed E-state index contributed by atoms with van der Waals surface area (Å²) in [7, 11) is 0. The number of aliphatic hydroxyl groups excluding tert-OH is 2. The monoisotopic (exact) mass is 334 g/mol. The lowest BCUT2D eigenvalue weighted by Crippen LogP contribution is -2.52. The second-order valence-corrected chi connectivity index (χ2v) is 8.53. The quantitative estimate of drug-likeness (QED) is 0.640. The van der Waals surface area contributed by atoms with E-state index in [1.54, 1.807) is 0 Å². The van der Waals surface area contributed by atoms with Crippen molar-refractivity contribution < 1.29 is 20.4 Å². The predicted octanol–water partition coefficient (Wildman–Crippen LogP) is 3.20. The second kappa shape index (κ2) is 5.92. The minimum atomic E-state index is -0.474. The van der Waals surface area contributed by atoms with Crippen LogP contribution in [-0.2, 0) is 11.8 Å². The molecule has 0 aliphatic heterocycles. The van der Waals surface area contributed by atoms with Crippen LogP contribution < -0.4 is 0 Å². The van der Waals surface area contributed by atoms with E-state index in [2.05, 4.69) is 13.8 Å². The summed E-state index contributed by atoms with van der Waals surface area (Å²) in [6.45, 7) is 6.26. The van der Waals surface area contributed by atoms with E-state index in [9.17, 15) is 20.4 Å². The molecule has 1 saturated carbocycles. The van der Waals surface area contributed by atoms with Crippen LogP contribution in [0.3, 0.4) is 0 Å². The predicted molar refractivity (Wildman–Crippen MR) is 93.5 cm³/mol. The lowest BCUT2D eigenvalue weighted by atomic mass is 9.49. The van der Waals surface area contributed by atoms with Crippen molar-refractivity contribution in [3.63, 3.8) is 0 Å². The molecule has 3 atom stereocenters. The van der Waals surface area contributed by atoms with Crippen molar-refractivity contribution in [2.45, 2.75) is 64.2 Å². The van der Waals surface area contributed by atoms with Gasteiger partial charge in [0.1, 0.15) is 0 Å². The molecule has 0 amide bonds. The topological polar surface area (TPSA) is 80.9 Å². The average molecular weight is 334 g/mol. The molecule has 3 unspecified atom stereocenters. The molecule has 0 radical (unpaired) electrons. The van der Waals surface area contributed by atoms with Crippen LogP contribution in [-0.4, -0.2) is 33.6 Å². The molecule has 0 spiro atoms. The summed E-state index contributed by atoms with van der Waals surface area (Å²) >= 11 is 0. The first-order chi connectivity index (χ1) is 11.3. The van der Waals surface area contributed by atoms with Crippen molar-refractivity contribution in [1.29, 1.82) is 0 Å². The first-order valence-electron chi connectivity index (χ1n) is 9.08. The Morgan fingerprint density at radius 1 is 1.17 bits per heavy atom. The van der Waals surface area contributed by atoms with Crippen LogP contribution in [0.5, 0.6) is 11.5 Å². The maximum atomic E-state index is 10.8. The molecule has 134 valence electrons. The van der Waals surface area contributed by atoms with Crippen molar-refractivity contribution >= 4 is 0 Å². The number of aliphatic hydroxyl groups is 2. The Balaban J connectivity index is 2.21. The van der Waals surface area contributed by atoms with E-state index in [-0.39, 0.29) is 36.0 Å². The first-order valence-corrected chi connectivity index (χ1v) is 9.08. The van der Waals surface area contributed by atoms with Gasteiger partial charge in [-0.3, -0.25) is 0 Å². The Morgan fingerprint density at radius 3 is 2.50 bits per heavy atom. The van der Waals surface area contributed by atoms with E-state index in [1.807, 2.05) is 13.0 Å². The highest BCUT2D eigenvalue weighted by molar-refractivity contribution is 5.59. The molecule has 1 aromatic rings. The molecule has 0 bridgehead atoms. The summed E-state index contributed by atoms with van der Waals surface area (Å²) < 4.78 is 0. The normalized spacial score (nSPS) is 29.6. The van der Waals surface area contributed by atoms with Crippen LogP contribution in [0.2, 0.25) is 0 Å². The summed E-state index contributed by atoms with van der Waals surface area (Å²) in [4.78, 5) is 0. The zero-order valence-electron chi connectivity index (χ0n) is 15.0. The van der Waals surface area contributed by atoms with Crippen molar-refractivity contribution in [3.05, 3.63) is 22.8 Å². The molecule has 4 nitrogen and oxygen atoms in total. The third kappa shape index (κ3) is 2.34. The van der Waals surface area contributed by atoms with E-state index < -0.39 is 5.41 Å². The van der Waals surface area contributed by atoms with Crippen molar-refractivity contribution in [2.75, 3.05) is 13.2 Å². The lowest BCUT2D eigenvalue weighted by molar-refractivity contribution is -0.00663. The molecule has 2 aliphatic carbocycles. The number of benzene rings is 1. The standard InChI is InChI=1S/C20H30O4/c1-12(10-21)14-9-13-5-6-15-19(2,3)7-4-8-20(15,11-22)16(13)18(24)17(14)23/h9,12,15,21-24H,4-8,10-11H2,1-3H3. The van der Waals surface area contributed by atoms with Gasteiger partial charge in [0.15, 0.2) is 11.5 Å². The summed E-state index contributed by atoms with van der Waals surface area (Å²) in [5.74, 6) is -0.152. The van der Waals surface area contributed by atoms with Crippen molar-refractivity contribution in [2.24, 2.45) is 11.3 Å². The van der Waals surface area contributed by atoms with E-state index in [4.69, 9.17) is 0 Å². The third-order valence-electron chi connectivity index (χ3n) is 6.73. The van der Waals surface area contributed by atoms with Crippen LogP contribution in [0.25, 0.3) is 0 Å². The van der Waals surface area contributed by atoms with Gasteiger partial charge in [0.2, 0.25) is 0 Å². The van der Waals surface area contributed by atoms with Crippen molar-refractivity contribution in [3.8, 4) is 11.5 Å². The Bertz CT molecular complexity index is 637. The summed E-state index contributed by atoms with van der Waals surface area (Å²) in [6, 6.07) is 1.93. The molecule has 3 rings (SSSR count). The minimum Gasteiger partial charge on any atom is -0.504 e. The average Bonchev–Trinajstić information content (AvgIpc) is 2.56. The molecular weight excluding hydrogens is 304 g/mol. The van der Waals surface area contributed by atoms with Gasteiger partial charge in [-0.05, 0) is 42.6 Å². The number of rotatable bonds is 3. The molecule has 4 heteroatoms. The largest absolute Gasteiger partial charge is 0.504 e. The summed E-state index contributed by atoms with van der Waals surface area (Å²) in [6.07, 6.45) is 4.80. The third-order valence-corrected chi connectivity index (χ3v) is 6.73. The van der Waals surface area contributed by atoms with Gasteiger partial charge in [-0.2, -0.15) is 0 Å². The van der Waals surface area contributed by atoms with E-state index in [0.717, 1.165) is 43.2 Å². The number of aryl methyl sites for hydroxylation is 1. The number of fused-ring (bicyclic) bond motifs is 3. The van der Waals surface area contributed by atoms with Gasteiger partial charge in [0, 0.05) is 29.1 Å². The number of phenols is 2. The number of hydrogen-bond acceptors (Lipinski definition) is 4. The molecule has 2 aliphatic rings. The molecule has 1 aromatic carbocycles. The highest BCUT2D eigenvalue weighted by Crippen LogP contribution is 2.60. The summed E-state index contributed by atoms with van der Waals surface area (Å²) in [5.41, 5.74) is 2.00. The van der Waals surface area contributed by atoms with Gasteiger partial charge < -0.3 is 20.4 Å². The highest BCUT2D eigenvalue weighted by atomic mass is 16.3. The van der Waals surface area contributed by atoms with Crippen LogP contribution >= 0.6 is 0 Å². The van der Waals surface area contributed by atoms with Gasteiger partial charge in [-0.1, -0.05) is 33.3 Å². The molecule has 0 aromatic heterocycles. The molecule has 0 heterocycles. The maximum Gasteiger partial charge on any atom is 0.161 e. The molecule has 0 saturated heterocycles. The smallest absolute Gasteiger partial charge is 0.161 e. The molecule has 24 heavy (non-hydrogen) atoms. The van der Waals surface area contributed by atoms with Crippen LogP contribution in [0.4, 0.5) is 0 Å². The summed E-state index contributed by atoms with van der Waals surface area (Å²) in [5, 5.41) is 41.2. The zero-order chi connectivity index (χ0) is 17.7. The molecule has 1 fully saturated rings. The Morgan fingerprint density at radius 2 is 1.88 bits per heavy atom. The van der Waals surface area contributed by atoms with Crippen LogP contribution in [0, 0.1) is 11.3 Å². The van der Waals surface area contributed by atoms with E-state index in [1.165, 1.54) is 0 Å². The van der Waals surface area contributed by atoms with Gasteiger partial charge >= 0.3 is 0 Å². The lowest BCUT2D eigenvalue weighted by Gasteiger charge is -2.55. The zero-order valence-corrected chi connectivity index (χ0v) is 15.0. The van der Waals surface area contributed by atoms with E-state index in [0.29, 0.717) is 11.5 Å². The Labute approximate surface area is 144 Å².